The summed E-state index contributed by atoms with van der Waals surface area (Å²) < 4.78 is 9.92. The van der Waals surface area contributed by atoms with Gasteiger partial charge in [-0.1, -0.05) is 0 Å². The van der Waals surface area contributed by atoms with Crippen LogP contribution >= 0.6 is 0 Å². The number of aromatic amines is 1. The van der Waals surface area contributed by atoms with Gasteiger partial charge in [-0.25, -0.2) is 0 Å². The van der Waals surface area contributed by atoms with Gasteiger partial charge >= 0.3 is 6.01 Å². The van der Waals surface area contributed by atoms with E-state index in [2.05, 4.69) is 20.2 Å². The van der Waals surface area contributed by atoms with Crippen LogP contribution in [0.3, 0.4) is 0 Å². The van der Waals surface area contributed by atoms with E-state index in [9.17, 15) is 0 Å². The van der Waals surface area contributed by atoms with Crippen molar-refractivity contribution in [1.29, 1.82) is 0 Å². The second kappa shape index (κ2) is 2.89. The molecule has 0 saturated carbocycles. The highest BCUT2D eigenvalue weighted by atomic mass is 16.5. The van der Waals surface area contributed by atoms with Crippen molar-refractivity contribution >= 4 is 11.0 Å². The van der Waals surface area contributed by atoms with Crippen LogP contribution in [-0.2, 0) is 0 Å². The molecule has 2 aromatic heterocycles. The largest absolute Gasteiger partial charge is 0.480 e. The quantitative estimate of drug-likeness (QED) is 0.728. The minimum absolute atomic E-state index is 0.258. The Morgan fingerprint density at radius 2 is 2.08 bits per heavy atom. The smallest absolute Gasteiger partial charge is 0.321 e. The van der Waals surface area contributed by atoms with Gasteiger partial charge in [-0.15, -0.1) is 0 Å². The fraction of sp³-hybridized carbons (Fsp3) is 0.286. The third-order valence-corrected chi connectivity index (χ3v) is 1.63. The third-order valence-electron chi connectivity index (χ3n) is 1.63. The Balaban J connectivity index is 2.70. The van der Waals surface area contributed by atoms with Crippen LogP contribution in [0.15, 0.2) is 6.20 Å². The highest BCUT2D eigenvalue weighted by Gasteiger charge is 2.09. The van der Waals surface area contributed by atoms with Crippen molar-refractivity contribution in [3.63, 3.8) is 0 Å². The van der Waals surface area contributed by atoms with E-state index in [1.807, 2.05) is 0 Å². The topological polar surface area (TPSA) is 72.9 Å². The van der Waals surface area contributed by atoms with E-state index in [0.29, 0.717) is 11.5 Å². The molecule has 0 aliphatic carbocycles. The van der Waals surface area contributed by atoms with Gasteiger partial charge in [0.15, 0.2) is 5.65 Å². The molecular formula is C7H8N4O2. The van der Waals surface area contributed by atoms with E-state index >= 15 is 0 Å². The Labute approximate surface area is 73.9 Å². The molecule has 0 aromatic carbocycles. The molecule has 6 heteroatoms. The number of nitrogens with one attached hydrogen (secondary N) is 1. The maximum absolute atomic E-state index is 5.04. The number of hydrogen-bond acceptors (Lipinski definition) is 5. The second-order valence-electron chi connectivity index (χ2n) is 2.35. The van der Waals surface area contributed by atoms with Gasteiger partial charge in [0.2, 0.25) is 5.88 Å². The molecule has 6 nitrogen and oxygen atoms in total. The Morgan fingerprint density at radius 1 is 1.23 bits per heavy atom. The second-order valence-corrected chi connectivity index (χ2v) is 2.35. The molecule has 0 unspecified atom stereocenters. The molecular weight excluding hydrogens is 175 g/mol. The summed E-state index contributed by atoms with van der Waals surface area (Å²) in [5.41, 5.74) is 0.601. The summed E-state index contributed by atoms with van der Waals surface area (Å²) in [5.74, 6) is 0.454. The lowest BCUT2D eigenvalue weighted by Crippen LogP contribution is -1.95. The molecule has 0 spiro atoms. The number of H-pyrrole nitrogens is 1. The van der Waals surface area contributed by atoms with Crippen LogP contribution in [0.5, 0.6) is 11.9 Å². The zero-order valence-corrected chi connectivity index (χ0v) is 7.24. The monoisotopic (exact) mass is 183 g/mol. The summed E-state index contributed by atoms with van der Waals surface area (Å²) in [6, 6.07) is 0.258. The summed E-state index contributed by atoms with van der Waals surface area (Å²) >= 11 is 0. The molecule has 2 rings (SSSR count). The maximum Gasteiger partial charge on any atom is 0.321 e. The molecule has 0 radical (unpaired) electrons. The highest BCUT2D eigenvalue weighted by Crippen LogP contribution is 2.21. The van der Waals surface area contributed by atoms with Crippen LogP contribution in [0.2, 0.25) is 0 Å². The molecule has 0 bridgehead atoms. The zero-order chi connectivity index (χ0) is 9.26. The lowest BCUT2D eigenvalue weighted by atomic mass is 10.5. The van der Waals surface area contributed by atoms with Crippen LogP contribution in [0, 0.1) is 0 Å². The summed E-state index contributed by atoms with van der Waals surface area (Å²) in [6.45, 7) is 0. The first kappa shape index (κ1) is 7.78. The Kier molecular flexibility index (Phi) is 1.73. The number of ether oxygens (including phenoxy) is 2. The van der Waals surface area contributed by atoms with Crippen LogP contribution in [0.1, 0.15) is 0 Å². The van der Waals surface area contributed by atoms with Crippen molar-refractivity contribution in [2.75, 3.05) is 14.2 Å². The van der Waals surface area contributed by atoms with Gasteiger partial charge in [-0.2, -0.15) is 15.1 Å². The normalized spacial score (nSPS) is 10.3. The zero-order valence-electron chi connectivity index (χ0n) is 7.24. The highest BCUT2D eigenvalue weighted by molar-refractivity contribution is 5.79. The van der Waals surface area contributed by atoms with E-state index in [1.54, 1.807) is 6.20 Å². The molecule has 0 atom stereocenters. The fourth-order valence-corrected chi connectivity index (χ4v) is 1.04. The first-order valence-electron chi connectivity index (χ1n) is 3.64. The molecule has 0 aliphatic rings. The molecule has 13 heavy (non-hydrogen) atoms. The lowest BCUT2D eigenvalue weighted by Gasteiger charge is -2.01. The minimum atomic E-state index is 0.258. The van der Waals surface area contributed by atoms with Gasteiger partial charge in [0.05, 0.1) is 20.4 Å². The van der Waals surface area contributed by atoms with Crippen molar-refractivity contribution in [3.8, 4) is 11.9 Å². The van der Waals surface area contributed by atoms with E-state index in [0.717, 1.165) is 5.39 Å². The molecule has 0 amide bonds. The summed E-state index contributed by atoms with van der Waals surface area (Å²) in [5, 5.41) is 7.27. The number of rotatable bonds is 2. The van der Waals surface area contributed by atoms with Crippen LogP contribution in [0.4, 0.5) is 0 Å². The molecule has 0 saturated heterocycles. The first-order valence-corrected chi connectivity index (χ1v) is 3.64. The summed E-state index contributed by atoms with van der Waals surface area (Å²) in [7, 11) is 3.03. The van der Waals surface area contributed by atoms with Gasteiger partial charge < -0.3 is 9.47 Å². The minimum Gasteiger partial charge on any atom is -0.480 e. The molecule has 2 aromatic rings. The standard InChI is InChI=1S/C7H8N4O2/c1-12-6-4-3-8-11-5(4)9-7(10-6)13-2/h3H,1-2H3,(H,8,9,10,11)/i3+1,8+1,11+1. The molecule has 2 heterocycles. The van der Waals surface area contributed by atoms with Crippen molar-refractivity contribution in [3.05, 3.63) is 6.20 Å². The average Bonchev–Trinajstić information content (AvgIpc) is 2.63. The average molecular weight is 183 g/mol. The van der Waals surface area contributed by atoms with Gasteiger partial charge in [-0.05, 0) is 0 Å². The van der Waals surface area contributed by atoms with Gasteiger partial charge in [-0.3, -0.25) is 5.10 Å². The number of fused-ring (bicyclic) bond motifs is 1. The molecule has 0 fully saturated rings. The van der Waals surface area contributed by atoms with Crippen molar-refractivity contribution in [2.45, 2.75) is 0 Å². The fourth-order valence-electron chi connectivity index (χ4n) is 1.04. The molecule has 0 aliphatic heterocycles. The number of hydrogen-bond donors (Lipinski definition) is 1. The molecule has 1 N–H and O–H groups in total. The Morgan fingerprint density at radius 3 is 2.77 bits per heavy atom. The summed E-state index contributed by atoms with van der Waals surface area (Å²) in [4.78, 5) is 8.03. The predicted molar refractivity (Wildman–Crippen MR) is 44.8 cm³/mol. The van der Waals surface area contributed by atoms with Gasteiger partial charge in [0.1, 0.15) is 5.39 Å². The van der Waals surface area contributed by atoms with Gasteiger partial charge in [0, 0.05) is 0 Å². The van der Waals surface area contributed by atoms with Crippen molar-refractivity contribution < 1.29 is 9.47 Å². The van der Waals surface area contributed by atoms with Crippen molar-refractivity contribution in [2.24, 2.45) is 0 Å². The third kappa shape index (κ3) is 1.16. The van der Waals surface area contributed by atoms with Gasteiger partial charge in [0.25, 0.3) is 0 Å². The SMILES string of the molecule is COc1nc(OC)c2[13cH][15n][15nH]c2n1. The summed E-state index contributed by atoms with van der Waals surface area (Å²) in [6.07, 6.45) is 1.60. The number of methoxy groups -OCH3 is 2. The lowest BCUT2D eigenvalue weighted by molar-refractivity contribution is 0.357. The predicted octanol–water partition coefficient (Wildman–Crippen LogP) is 0.370. The van der Waals surface area contributed by atoms with E-state index in [1.165, 1.54) is 14.2 Å². The maximum atomic E-state index is 5.04. The number of aromatic nitrogens is 4. The van der Waals surface area contributed by atoms with Crippen molar-refractivity contribution in [1.82, 2.24) is 20.2 Å². The van der Waals surface area contributed by atoms with E-state index in [-0.39, 0.29) is 6.01 Å². The van der Waals surface area contributed by atoms with Crippen LogP contribution < -0.4 is 9.47 Å². The molecule has 68 valence electrons. The van der Waals surface area contributed by atoms with E-state index < -0.39 is 0 Å². The van der Waals surface area contributed by atoms with Crippen LogP contribution in [0.25, 0.3) is 11.0 Å². The first-order chi connectivity index (χ1) is 6.35. The van der Waals surface area contributed by atoms with E-state index in [4.69, 9.17) is 9.47 Å². The Bertz CT molecular complexity index is 425. The number of nitrogens with zero attached hydrogens (tertiary/aromatic N) is 3. The Hall–Kier alpha value is -1.85. The van der Waals surface area contributed by atoms with Crippen LogP contribution in [-0.4, -0.2) is 34.4 Å².